The highest BCUT2D eigenvalue weighted by Crippen LogP contribution is 2.21. The highest BCUT2D eigenvalue weighted by atomic mass is 32.2. The number of carbonyl (C=O) groups excluding carboxylic acids is 1. The lowest BCUT2D eigenvalue weighted by Crippen LogP contribution is -2.43. The topological polar surface area (TPSA) is 99.3 Å². The van der Waals surface area contributed by atoms with Gasteiger partial charge in [-0.2, -0.15) is 0 Å². The number of aryl methyl sites for hydroxylation is 1. The van der Waals surface area contributed by atoms with Crippen LogP contribution in [0.5, 0.6) is 0 Å². The molecular weight excluding hydrogens is 328 g/mol. The van der Waals surface area contributed by atoms with Crippen LogP contribution in [0.15, 0.2) is 47.1 Å². The second-order valence-electron chi connectivity index (χ2n) is 5.76. The van der Waals surface area contributed by atoms with Crippen molar-refractivity contribution in [3.05, 3.63) is 52.7 Å². The van der Waals surface area contributed by atoms with Gasteiger partial charge in [-0.25, -0.2) is 17.9 Å². The van der Waals surface area contributed by atoms with E-state index in [9.17, 15) is 13.2 Å². The van der Waals surface area contributed by atoms with Gasteiger partial charge in [0.2, 0.25) is 0 Å². The number of anilines is 1. The van der Waals surface area contributed by atoms with Crippen molar-refractivity contribution in [2.45, 2.75) is 26.8 Å². The van der Waals surface area contributed by atoms with E-state index in [1.807, 2.05) is 35.9 Å². The molecule has 1 heterocycles. The number of urea groups is 1. The third kappa shape index (κ3) is 4.76. The molecule has 1 aliphatic heterocycles. The standard InChI is InChI=1S/C16H22N4O3S/c1-11(2)18-16(21)20-24(22,23)15-10-17-8-7-14(15)19-13-6-4-5-12(3)9-13/h4-7,9-11,17,19H,8H2,1-3H3,(H2,18,20,21). The minimum atomic E-state index is -4.00. The Bertz CT molecular complexity index is 782. The molecule has 1 aliphatic rings. The predicted molar refractivity (Wildman–Crippen MR) is 94.7 cm³/mol. The van der Waals surface area contributed by atoms with E-state index in [1.165, 1.54) is 6.20 Å². The largest absolute Gasteiger partial charge is 0.386 e. The number of benzene rings is 1. The molecular formula is C16H22N4O3S. The Labute approximate surface area is 142 Å². The molecule has 1 aromatic rings. The first-order chi connectivity index (χ1) is 11.3. The first kappa shape index (κ1) is 17.9. The lowest BCUT2D eigenvalue weighted by molar-refractivity contribution is 0.243. The number of carbonyl (C=O) groups is 1. The average Bonchev–Trinajstić information content (AvgIpc) is 2.46. The number of hydrogen-bond acceptors (Lipinski definition) is 5. The van der Waals surface area contributed by atoms with Crippen LogP contribution in [0.2, 0.25) is 0 Å². The number of amides is 2. The van der Waals surface area contributed by atoms with Gasteiger partial charge in [-0.15, -0.1) is 0 Å². The maximum absolute atomic E-state index is 12.5. The van der Waals surface area contributed by atoms with E-state index in [1.54, 1.807) is 19.9 Å². The van der Waals surface area contributed by atoms with Crippen molar-refractivity contribution in [2.75, 3.05) is 11.9 Å². The van der Waals surface area contributed by atoms with Crippen LogP contribution in [-0.2, 0) is 10.0 Å². The van der Waals surface area contributed by atoms with E-state index in [-0.39, 0.29) is 10.9 Å². The molecule has 0 aliphatic carbocycles. The van der Waals surface area contributed by atoms with Gasteiger partial charge >= 0.3 is 6.03 Å². The second kappa shape index (κ2) is 7.39. The van der Waals surface area contributed by atoms with E-state index in [0.717, 1.165) is 11.3 Å². The van der Waals surface area contributed by atoms with E-state index in [0.29, 0.717) is 12.2 Å². The molecule has 1 aromatic carbocycles. The summed E-state index contributed by atoms with van der Waals surface area (Å²) in [6.07, 6.45) is 3.10. The zero-order valence-corrected chi connectivity index (χ0v) is 14.7. The minimum absolute atomic E-state index is 0.0193. The maximum Gasteiger partial charge on any atom is 0.328 e. The molecule has 0 unspecified atom stereocenters. The molecule has 4 N–H and O–H groups in total. The van der Waals surface area contributed by atoms with Gasteiger partial charge < -0.3 is 16.0 Å². The fraction of sp³-hybridized carbons (Fsp3) is 0.312. The van der Waals surface area contributed by atoms with Crippen molar-refractivity contribution in [3.8, 4) is 0 Å². The number of hydrogen-bond donors (Lipinski definition) is 4. The molecule has 7 nitrogen and oxygen atoms in total. The first-order valence-corrected chi connectivity index (χ1v) is 9.07. The van der Waals surface area contributed by atoms with E-state index in [2.05, 4.69) is 16.0 Å². The van der Waals surface area contributed by atoms with E-state index in [4.69, 9.17) is 0 Å². The fourth-order valence-electron chi connectivity index (χ4n) is 2.17. The summed E-state index contributed by atoms with van der Waals surface area (Å²) in [6.45, 7) is 5.94. The predicted octanol–water partition coefficient (Wildman–Crippen LogP) is 1.77. The van der Waals surface area contributed by atoms with Crippen LogP contribution in [0.4, 0.5) is 10.5 Å². The number of sulfonamides is 1. The summed E-state index contributed by atoms with van der Waals surface area (Å²) < 4.78 is 27.0. The third-order valence-corrected chi connectivity index (χ3v) is 4.53. The second-order valence-corrected chi connectivity index (χ2v) is 7.41. The van der Waals surface area contributed by atoms with Gasteiger partial charge in [0, 0.05) is 24.5 Å². The highest BCUT2D eigenvalue weighted by molar-refractivity contribution is 7.94. The van der Waals surface area contributed by atoms with Gasteiger partial charge in [-0.1, -0.05) is 12.1 Å². The summed E-state index contributed by atoms with van der Waals surface area (Å²) in [6, 6.07) is 6.66. The smallest absolute Gasteiger partial charge is 0.328 e. The van der Waals surface area contributed by atoms with Gasteiger partial charge in [0.15, 0.2) is 0 Å². The molecule has 0 radical (unpaired) electrons. The van der Waals surface area contributed by atoms with Crippen LogP contribution in [-0.4, -0.2) is 27.0 Å². The Morgan fingerprint density at radius 2 is 2.04 bits per heavy atom. The van der Waals surface area contributed by atoms with Crippen LogP contribution in [0.25, 0.3) is 0 Å². The Balaban J connectivity index is 2.19. The third-order valence-electron chi connectivity index (χ3n) is 3.16. The number of dihydropyridines is 1. The number of nitrogens with one attached hydrogen (secondary N) is 4. The van der Waals surface area contributed by atoms with Crippen molar-refractivity contribution < 1.29 is 13.2 Å². The summed E-state index contributed by atoms with van der Waals surface area (Å²) in [4.78, 5) is 11.7. The van der Waals surface area contributed by atoms with Gasteiger partial charge in [-0.05, 0) is 44.5 Å². The zero-order valence-electron chi connectivity index (χ0n) is 13.9. The molecule has 0 spiro atoms. The van der Waals surface area contributed by atoms with Gasteiger partial charge in [0.05, 0.1) is 5.70 Å². The van der Waals surface area contributed by atoms with Crippen LogP contribution in [0.1, 0.15) is 19.4 Å². The zero-order chi connectivity index (χ0) is 17.7. The van der Waals surface area contributed by atoms with E-state index < -0.39 is 16.1 Å². The quantitative estimate of drug-likeness (QED) is 0.649. The molecule has 0 bridgehead atoms. The lowest BCUT2D eigenvalue weighted by Gasteiger charge is -2.20. The average molecular weight is 350 g/mol. The number of rotatable bonds is 5. The molecule has 130 valence electrons. The van der Waals surface area contributed by atoms with Crippen LogP contribution < -0.4 is 20.7 Å². The van der Waals surface area contributed by atoms with Crippen LogP contribution in [0, 0.1) is 6.92 Å². The molecule has 0 aromatic heterocycles. The molecule has 0 saturated heterocycles. The lowest BCUT2D eigenvalue weighted by atomic mass is 10.2. The SMILES string of the molecule is Cc1cccc(NC2=CCNC=C2S(=O)(=O)NC(=O)NC(C)C)c1. The summed E-state index contributed by atoms with van der Waals surface area (Å²) in [5, 5.41) is 8.44. The molecule has 2 amide bonds. The van der Waals surface area contributed by atoms with Gasteiger partial charge in [-0.3, -0.25) is 0 Å². The van der Waals surface area contributed by atoms with E-state index >= 15 is 0 Å². The van der Waals surface area contributed by atoms with Crippen molar-refractivity contribution in [2.24, 2.45) is 0 Å². The van der Waals surface area contributed by atoms with Crippen molar-refractivity contribution in [1.82, 2.24) is 15.4 Å². The maximum atomic E-state index is 12.5. The molecule has 24 heavy (non-hydrogen) atoms. The molecule has 0 fully saturated rings. The normalized spacial score (nSPS) is 14.3. The minimum Gasteiger partial charge on any atom is -0.386 e. The molecule has 8 heteroatoms. The summed E-state index contributed by atoms with van der Waals surface area (Å²) >= 11 is 0. The van der Waals surface area contributed by atoms with Crippen LogP contribution in [0.3, 0.4) is 0 Å². The first-order valence-electron chi connectivity index (χ1n) is 7.59. The highest BCUT2D eigenvalue weighted by Gasteiger charge is 2.26. The molecule has 2 rings (SSSR count). The van der Waals surface area contributed by atoms with Crippen molar-refractivity contribution in [1.29, 1.82) is 0 Å². The molecule has 0 atom stereocenters. The van der Waals surface area contributed by atoms with Gasteiger partial charge in [0.25, 0.3) is 10.0 Å². The Morgan fingerprint density at radius 1 is 1.29 bits per heavy atom. The molecule has 0 saturated carbocycles. The van der Waals surface area contributed by atoms with Crippen LogP contribution >= 0.6 is 0 Å². The van der Waals surface area contributed by atoms with Crippen molar-refractivity contribution in [3.63, 3.8) is 0 Å². The van der Waals surface area contributed by atoms with Gasteiger partial charge in [0.1, 0.15) is 4.91 Å². The monoisotopic (exact) mass is 350 g/mol. The Kier molecular flexibility index (Phi) is 5.50. The fourth-order valence-corrected chi connectivity index (χ4v) is 3.25. The van der Waals surface area contributed by atoms with Crippen molar-refractivity contribution >= 4 is 21.7 Å². The Morgan fingerprint density at radius 3 is 2.71 bits per heavy atom. The summed E-state index contributed by atoms with van der Waals surface area (Å²) in [5.74, 6) is 0. The summed E-state index contributed by atoms with van der Waals surface area (Å²) in [7, 11) is -4.00. The summed E-state index contributed by atoms with van der Waals surface area (Å²) in [5.41, 5.74) is 2.25. The Hall–Kier alpha value is -2.48.